The van der Waals surface area contributed by atoms with E-state index in [9.17, 15) is 9.18 Å². The summed E-state index contributed by atoms with van der Waals surface area (Å²) in [6.45, 7) is 6.22. The fraction of sp³-hybridized carbons (Fsp3) is 0.500. The number of hydrogen-bond donors (Lipinski definition) is 1. The van der Waals surface area contributed by atoms with Crippen LogP contribution >= 0.6 is 0 Å². The summed E-state index contributed by atoms with van der Waals surface area (Å²) < 4.78 is 11.2. The Kier molecular flexibility index (Phi) is 8.73. The minimum absolute atomic E-state index is 0.975. The molecule has 1 unspecified atom stereocenters. The molecule has 0 aromatic carbocycles. The second kappa shape index (κ2) is 7.14. The molecule has 0 rings (SSSR count). The maximum absolute atomic E-state index is 11.2. The zero-order chi connectivity index (χ0) is 7.86. The molecule has 0 spiro atoms. The lowest BCUT2D eigenvalue weighted by molar-refractivity contribution is -0.142. The number of carboxylic acids is 1. The molecule has 0 amide bonds. The molecule has 0 aromatic rings. The quantitative estimate of drug-likeness (QED) is 0.553. The lowest BCUT2D eigenvalue weighted by Gasteiger charge is -1.85. The summed E-state index contributed by atoms with van der Waals surface area (Å²) in [5.41, 5.74) is 0. The smallest absolute Gasteiger partial charge is 0.337 e. The van der Waals surface area contributed by atoms with E-state index in [-0.39, 0.29) is 0 Å². The van der Waals surface area contributed by atoms with Crippen molar-refractivity contribution in [3.63, 3.8) is 0 Å². The van der Waals surface area contributed by atoms with Gasteiger partial charge in [0.15, 0.2) is 6.17 Å². The van der Waals surface area contributed by atoms with Crippen molar-refractivity contribution in [2.75, 3.05) is 0 Å². The summed E-state index contributed by atoms with van der Waals surface area (Å²) in [6.07, 6.45) is 0.0185. The van der Waals surface area contributed by atoms with Crippen LogP contribution in [0.4, 0.5) is 4.39 Å². The van der Waals surface area contributed by atoms with Crippen LogP contribution < -0.4 is 0 Å². The Morgan fingerprint density at radius 1 is 1.89 bits per heavy atom. The van der Waals surface area contributed by atoms with Gasteiger partial charge in [-0.2, -0.15) is 0 Å². The van der Waals surface area contributed by atoms with E-state index in [2.05, 4.69) is 6.58 Å². The predicted octanol–water partition coefficient (Wildman–Crippen LogP) is 1.62. The van der Waals surface area contributed by atoms with Gasteiger partial charge in [-0.25, -0.2) is 9.18 Å². The molecule has 0 aliphatic rings. The van der Waals surface area contributed by atoms with E-state index in [1.165, 1.54) is 0 Å². The zero-order valence-corrected chi connectivity index (χ0v) is 5.60. The number of rotatable bonds is 1. The summed E-state index contributed by atoms with van der Waals surface area (Å²) in [5.74, 6) is -1.41. The monoisotopic (exact) mass is 134 g/mol. The molecule has 2 nitrogen and oxygen atoms in total. The first-order valence-electron chi connectivity index (χ1n) is 2.50. The summed E-state index contributed by atoms with van der Waals surface area (Å²) >= 11 is 0. The van der Waals surface area contributed by atoms with Crippen molar-refractivity contribution in [1.82, 2.24) is 0 Å². The van der Waals surface area contributed by atoms with Gasteiger partial charge in [-0.1, -0.05) is 6.08 Å². The fourth-order valence-corrected chi connectivity index (χ4v) is 0. The molecule has 0 saturated heterocycles. The van der Waals surface area contributed by atoms with E-state index in [0.717, 1.165) is 6.92 Å². The van der Waals surface area contributed by atoms with Gasteiger partial charge in [-0.05, 0) is 13.8 Å². The molecule has 0 bridgehead atoms. The topological polar surface area (TPSA) is 37.3 Å². The first kappa shape index (κ1) is 11.0. The van der Waals surface area contributed by atoms with Crippen LogP contribution in [0.25, 0.3) is 0 Å². The number of allylic oxidation sites excluding steroid dienone is 1. The van der Waals surface area contributed by atoms with Crippen LogP contribution in [-0.4, -0.2) is 17.2 Å². The van der Waals surface area contributed by atoms with E-state index >= 15 is 0 Å². The number of hydrogen-bond acceptors (Lipinski definition) is 1. The van der Waals surface area contributed by atoms with Gasteiger partial charge in [0.1, 0.15) is 0 Å². The zero-order valence-electron chi connectivity index (χ0n) is 5.60. The summed E-state index contributed by atoms with van der Waals surface area (Å²) in [5, 5.41) is 7.62. The molecule has 3 heteroatoms. The Morgan fingerprint density at radius 3 is 2.00 bits per heavy atom. The molecule has 1 atom stereocenters. The van der Waals surface area contributed by atoms with Crippen molar-refractivity contribution in [2.24, 2.45) is 0 Å². The number of halogens is 1. The second-order valence-electron chi connectivity index (χ2n) is 1.36. The number of aliphatic carboxylic acids is 1. The Morgan fingerprint density at radius 2 is 2.00 bits per heavy atom. The van der Waals surface area contributed by atoms with Gasteiger partial charge in [-0.3, -0.25) is 0 Å². The Hall–Kier alpha value is -0.860. The van der Waals surface area contributed by atoms with E-state index in [4.69, 9.17) is 5.11 Å². The van der Waals surface area contributed by atoms with Crippen LogP contribution in [0.2, 0.25) is 0 Å². The van der Waals surface area contributed by atoms with Crippen LogP contribution in [0, 0.1) is 0 Å². The number of carboxylic acid groups (broad SMARTS) is 1. The Bertz CT molecular complexity index is 89.1. The fourth-order valence-electron chi connectivity index (χ4n) is 0. The first-order chi connectivity index (χ1) is 4.06. The standard InChI is InChI=1S/C3H5FO2.C3H6/c1-2(4)3(5)6;1-3-2/h2H,1H3,(H,5,6);3H,1H2,2H3. The predicted molar refractivity (Wildman–Crippen MR) is 34.1 cm³/mol. The highest BCUT2D eigenvalue weighted by molar-refractivity contribution is 5.71. The minimum Gasteiger partial charge on any atom is -0.479 e. The van der Waals surface area contributed by atoms with E-state index in [1.54, 1.807) is 6.08 Å². The molecule has 0 aromatic heterocycles. The highest BCUT2D eigenvalue weighted by Crippen LogP contribution is 1.83. The molecule has 0 saturated carbocycles. The average molecular weight is 134 g/mol. The first-order valence-corrected chi connectivity index (χ1v) is 2.50. The van der Waals surface area contributed by atoms with Crippen molar-refractivity contribution >= 4 is 5.97 Å². The lowest BCUT2D eigenvalue weighted by Crippen LogP contribution is -2.08. The number of carbonyl (C=O) groups is 1. The van der Waals surface area contributed by atoms with E-state index in [1.807, 2.05) is 6.92 Å². The van der Waals surface area contributed by atoms with Gasteiger partial charge >= 0.3 is 5.97 Å². The molecule has 0 aliphatic heterocycles. The van der Waals surface area contributed by atoms with Crippen LogP contribution in [0.3, 0.4) is 0 Å². The van der Waals surface area contributed by atoms with E-state index in [0.29, 0.717) is 0 Å². The molecule has 0 aliphatic carbocycles. The molecule has 0 heterocycles. The third kappa shape index (κ3) is 19.1. The third-order valence-corrected chi connectivity index (χ3v) is 0.340. The molecule has 0 fully saturated rings. The Balaban J connectivity index is 0. The van der Waals surface area contributed by atoms with Gasteiger partial charge < -0.3 is 5.11 Å². The molecule has 54 valence electrons. The molecule has 0 radical (unpaired) electrons. The molecular formula is C6H11FO2. The van der Waals surface area contributed by atoms with Crippen LogP contribution in [0.5, 0.6) is 0 Å². The van der Waals surface area contributed by atoms with Crippen molar-refractivity contribution in [2.45, 2.75) is 20.0 Å². The van der Waals surface area contributed by atoms with Gasteiger partial charge in [0.2, 0.25) is 0 Å². The third-order valence-electron chi connectivity index (χ3n) is 0.340. The average Bonchev–Trinajstić information content (AvgIpc) is 1.68. The lowest BCUT2D eigenvalue weighted by atomic mass is 10.5. The van der Waals surface area contributed by atoms with E-state index < -0.39 is 12.1 Å². The minimum atomic E-state index is -1.73. The van der Waals surface area contributed by atoms with Crippen LogP contribution in [-0.2, 0) is 4.79 Å². The van der Waals surface area contributed by atoms with Crippen molar-refractivity contribution in [1.29, 1.82) is 0 Å². The Labute approximate surface area is 54.0 Å². The van der Waals surface area contributed by atoms with Crippen molar-refractivity contribution in [3.8, 4) is 0 Å². The molecule has 1 N–H and O–H groups in total. The maximum Gasteiger partial charge on any atom is 0.337 e. The summed E-state index contributed by atoms with van der Waals surface area (Å²) in [4.78, 5) is 9.32. The van der Waals surface area contributed by atoms with Gasteiger partial charge in [-0.15, -0.1) is 6.58 Å². The summed E-state index contributed by atoms with van der Waals surface area (Å²) in [7, 11) is 0. The summed E-state index contributed by atoms with van der Waals surface area (Å²) in [6, 6.07) is 0. The van der Waals surface area contributed by atoms with Crippen molar-refractivity contribution in [3.05, 3.63) is 12.7 Å². The highest BCUT2D eigenvalue weighted by Gasteiger charge is 2.04. The van der Waals surface area contributed by atoms with Crippen molar-refractivity contribution < 1.29 is 14.3 Å². The van der Waals surface area contributed by atoms with Crippen LogP contribution in [0.15, 0.2) is 12.7 Å². The normalized spacial score (nSPS) is 10.6. The van der Waals surface area contributed by atoms with Gasteiger partial charge in [0.05, 0.1) is 0 Å². The SMILES string of the molecule is C=CC.CC(F)C(=O)O. The van der Waals surface area contributed by atoms with Gasteiger partial charge in [0, 0.05) is 0 Å². The maximum atomic E-state index is 11.2. The van der Waals surface area contributed by atoms with Crippen LogP contribution in [0.1, 0.15) is 13.8 Å². The van der Waals surface area contributed by atoms with Gasteiger partial charge in [0.25, 0.3) is 0 Å². The molecular weight excluding hydrogens is 123 g/mol. The molecule has 9 heavy (non-hydrogen) atoms. The largest absolute Gasteiger partial charge is 0.479 e. The second-order valence-corrected chi connectivity index (χ2v) is 1.36. The highest BCUT2D eigenvalue weighted by atomic mass is 19.1. The number of alkyl halides is 1.